The van der Waals surface area contributed by atoms with Crippen LogP contribution in [0.15, 0.2) is 0 Å². The quantitative estimate of drug-likeness (QED) is 0.553. The summed E-state index contributed by atoms with van der Waals surface area (Å²) in [5.41, 5.74) is -3.18. The van der Waals surface area contributed by atoms with Gasteiger partial charge in [0.1, 0.15) is 0 Å². The van der Waals surface area contributed by atoms with Gasteiger partial charge in [-0.2, -0.15) is 13.2 Å². The van der Waals surface area contributed by atoms with Gasteiger partial charge in [0.05, 0.1) is 6.61 Å². The number of carbonyl (C=O) groups excluding carboxylic acids is 2. The van der Waals surface area contributed by atoms with Crippen LogP contribution in [0.25, 0.3) is 0 Å². The molecule has 1 aliphatic rings. The molecular weight excluding hydrogens is 313 g/mol. The predicted octanol–water partition coefficient (Wildman–Crippen LogP) is 2.65. The number of esters is 1. The number of carbonyl (C=O) groups is 2. The second-order valence-electron chi connectivity index (χ2n) is 5.75. The molecule has 0 bridgehead atoms. The van der Waals surface area contributed by atoms with Crippen LogP contribution in [-0.4, -0.2) is 36.4 Å². The molecule has 0 unspecified atom stereocenters. The summed E-state index contributed by atoms with van der Waals surface area (Å²) in [6.45, 7) is 2.90. The first-order valence-corrected chi connectivity index (χ1v) is 8.09. The smallest absolute Gasteiger partial charge is 0.436 e. The topological polar surface area (TPSA) is 67.4 Å². The fraction of sp³-hybridized carbons (Fsp3) is 0.867. The van der Waals surface area contributed by atoms with Crippen molar-refractivity contribution in [1.29, 1.82) is 0 Å². The van der Waals surface area contributed by atoms with E-state index in [1.165, 1.54) is 6.92 Å². The Bertz CT molecular complexity index is 409. The largest absolute Gasteiger partial charge is 0.463 e. The Balaban J connectivity index is 3.10. The summed E-state index contributed by atoms with van der Waals surface area (Å²) in [6, 6.07) is -0.489. The van der Waals surface area contributed by atoms with Gasteiger partial charge in [-0.25, -0.2) is 4.79 Å². The molecule has 0 aliphatic heterocycles. The van der Waals surface area contributed by atoms with Crippen molar-refractivity contribution < 1.29 is 27.5 Å². The number of ether oxygens (including phenoxy) is 1. The maximum atomic E-state index is 13.7. The van der Waals surface area contributed by atoms with Crippen LogP contribution >= 0.6 is 0 Å². The van der Waals surface area contributed by atoms with E-state index in [4.69, 9.17) is 0 Å². The van der Waals surface area contributed by atoms with E-state index in [1.54, 1.807) is 6.92 Å². The second-order valence-corrected chi connectivity index (χ2v) is 5.75. The molecule has 1 aliphatic carbocycles. The average molecular weight is 338 g/mol. The number of amides is 1. The molecule has 1 amide bonds. The van der Waals surface area contributed by atoms with Crippen LogP contribution in [0.2, 0.25) is 0 Å². The summed E-state index contributed by atoms with van der Waals surface area (Å²) in [7, 11) is 0. The van der Waals surface area contributed by atoms with Gasteiger partial charge in [-0.1, -0.05) is 26.2 Å². The van der Waals surface area contributed by atoms with E-state index in [9.17, 15) is 22.8 Å². The summed E-state index contributed by atoms with van der Waals surface area (Å²) < 4.78 is 45.8. The average Bonchev–Trinajstić information content (AvgIpc) is 2.46. The van der Waals surface area contributed by atoms with Gasteiger partial charge in [-0.05, 0) is 26.2 Å². The fourth-order valence-electron chi connectivity index (χ4n) is 2.71. The zero-order valence-electron chi connectivity index (χ0n) is 13.6. The number of alkyl halides is 3. The standard InChI is InChI=1S/C15H25F3N2O3/c1-3-8-12(21)20-14(15(16,17)18,13(22)23-4-2)19-11-9-6-5-7-10-11/h11,19H,3-10H2,1-2H3,(H,20,21)/t14-/m0/s1. The highest BCUT2D eigenvalue weighted by atomic mass is 19.4. The minimum Gasteiger partial charge on any atom is -0.463 e. The summed E-state index contributed by atoms with van der Waals surface area (Å²) in [5.74, 6) is -2.34. The predicted molar refractivity (Wildman–Crippen MR) is 78.5 cm³/mol. The molecule has 134 valence electrons. The molecule has 5 nitrogen and oxygen atoms in total. The molecular formula is C15H25F3N2O3. The van der Waals surface area contributed by atoms with Gasteiger partial charge in [-0.15, -0.1) is 0 Å². The Morgan fingerprint density at radius 3 is 2.22 bits per heavy atom. The molecule has 1 fully saturated rings. The highest BCUT2D eigenvalue weighted by Crippen LogP contribution is 2.32. The van der Waals surface area contributed by atoms with Crippen molar-refractivity contribution in [3.63, 3.8) is 0 Å². The van der Waals surface area contributed by atoms with Crippen molar-refractivity contribution in [2.45, 2.75) is 76.7 Å². The van der Waals surface area contributed by atoms with E-state index in [-0.39, 0.29) is 13.0 Å². The van der Waals surface area contributed by atoms with Gasteiger partial charge in [0.15, 0.2) is 0 Å². The van der Waals surface area contributed by atoms with Gasteiger partial charge in [0.2, 0.25) is 5.91 Å². The zero-order chi connectivity index (χ0) is 17.5. The SMILES string of the molecule is CCCC(=O)N[C@@](NC1CCCCC1)(C(=O)OCC)C(F)(F)F. The maximum Gasteiger partial charge on any atom is 0.436 e. The van der Waals surface area contributed by atoms with Gasteiger partial charge in [0.25, 0.3) is 5.66 Å². The third kappa shape index (κ3) is 5.09. The van der Waals surface area contributed by atoms with Crippen LogP contribution in [0, 0.1) is 0 Å². The molecule has 0 saturated heterocycles. The third-order valence-corrected chi connectivity index (χ3v) is 3.84. The van der Waals surface area contributed by atoms with E-state index in [2.05, 4.69) is 10.1 Å². The lowest BCUT2D eigenvalue weighted by molar-refractivity contribution is -0.224. The molecule has 0 aromatic carbocycles. The summed E-state index contributed by atoms with van der Waals surface area (Å²) in [4.78, 5) is 23.9. The van der Waals surface area contributed by atoms with E-state index >= 15 is 0 Å². The van der Waals surface area contributed by atoms with Crippen LogP contribution in [0.1, 0.15) is 58.8 Å². The van der Waals surface area contributed by atoms with Crippen LogP contribution in [-0.2, 0) is 14.3 Å². The van der Waals surface area contributed by atoms with Crippen molar-refractivity contribution >= 4 is 11.9 Å². The Labute approximate surface area is 134 Å². The minimum atomic E-state index is -5.00. The lowest BCUT2D eigenvalue weighted by Crippen LogP contribution is -2.74. The summed E-state index contributed by atoms with van der Waals surface area (Å²) in [5, 5.41) is 4.21. The maximum absolute atomic E-state index is 13.7. The van der Waals surface area contributed by atoms with Crippen molar-refractivity contribution in [3.05, 3.63) is 0 Å². The molecule has 1 saturated carbocycles. The number of nitrogens with one attached hydrogen (secondary N) is 2. The first-order chi connectivity index (χ1) is 10.8. The van der Waals surface area contributed by atoms with Crippen LogP contribution in [0.5, 0.6) is 0 Å². The Hall–Kier alpha value is -1.31. The number of halogens is 3. The van der Waals surface area contributed by atoms with E-state index in [1.807, 2.05) is 5.32 Å². The fourth-order valence-corrected chi connectivity index (χ4v) is 2.71. The Kier molecular flexibility index (Phi) is 7.31. The van der Waals surface area contributed by atoms with Gasteiger partial charge in [-0.3, -0.25) is 10.1 Å². The third-order valence-electron chi connectivity index (χ3n) is 3.84. The Morgan fingerprint density at radius 2 is 1.74 bits per heavy atom. The van der Waals surface area contributed by atoms with Crippen molar-refractivity contribution in [2.24, 2.45) is 0 Å². The molecule has 8 heteroatoms. The van der Waals surface area contributed by atoms with Crippen molar-refractivity contribution in [2.75, 3.05) is 6.61 Å². The number of hydrogen-bond acceptors (Lipinski definition) is 4. The van der Waals surface area contributed by atoms with Gasteiger partial charge in [0, 0.05) is 12.5 Å². The molecule has 0 aromatic heterocycles. The zero-order valence-corrected chi connectivity index (χ0v) is 13.6. The normalized spacial score (nSPS) is 19.0. The molecule has 0 aromatic rings. The van der Waals surface area contributed by atoms with Gasteiger partial charge < -0.3 is 10.1 Å². The molecule has 1 rings (SSSR count). The number of hydrogen-bond donors (Lipinski definition) is 2. The van der Waals surface area contributed by atoms with Crippen LogP contribution in [0.3, 0.4) is 0 Å². The van der Waals surface area contributed by atoms with Gasteiger partial charge >= 0.3 is 12.1 Å². The summed E-state index contributed by atoms with van der Waals surface area (Å²) >= 11 is 0. The van der Waals surface area contributed by atoms with Crippen molar-refractivity contribution in [1.82, 2.24) is 10.6 Å². The first-order valence-electron chi connectivity index (χ1n) is 8.09. The molecule has 0 heterocycles. The first kappa shape index (κ1) is 19.7. The lowest BCUT2D eigenvalue weighted by Gasteiger charge is -2.38. The minimum absolute atomic E-state index is 0.0937. The van der Waals surface area contributed by atoms with E-state index in [0.717, 1.165) is 19.3 Å². The monoisotopic (exact) mass is 338 g/mol. The molecule has 2 N–H and O–H groups in total. The van der Waals surface area contributed by atoms with Crippen LogP contribution in [0.4, 0.5) is 13.2 Å². The second kappa shape index (κ2) is 8.52. The van der Waals surface area contributed by atoms with Crippen LogP contribution < -0.4 is 10.6 Å². The molecule has 0 spiro atoms. The van der Waals surface area contributed by atoms with E-state index in [0.29, 0.717) is 19.3 Å². The van der Waals surface area contributed by atoms with E-state index < -0.39 is 29.8 Å². The molecule has 23 heavy (non-hydrogen) atoms. The Morgan fingerprint density at radius 1 is 1.13 bits per heavy atom. The van der Waals surface area contributed by atoms with Crippen molar-refractivity contribution in [3.8, 4) is 0 Å². The highest BCUT2D eigenvalue weighted by Gasteiger charge is 2.63. The highest BCUT2D eigenvalue weighted by molar-refractivity contribution is 5.88. The summed E-state index contributed by atoms with van der Waals surface area (Å²) in [6.07, 6.45) is -1.12. The lowest BCUT2D eigenvalue weighted by atomic mass is 9.93. The molecule has 1 atom stereocenters. The number of rotatable bonds is 7. The molecule has 0 radical (unpaired) electrons.